The summed E-state index contributed by atoms with van der Waals surface area (Å²) in [4.78, 5) is 15.6. The number of aryl methyl sites for hydroxylation is 1. The molecule has 2 aliphatic heterocycles. The molecule has 158 valence electrons. The van der Waals surface area contributed by atoms with Gasteiger partial charge in [-0.2, -0.15) is 23.4 Å². The highest BCUT2D eigenvalue weighted by atomic mass is 19.4. The van der Waals surface area contributed by atoms with Gasteiger partial charge in [-0.25, -0.2) is 4.79 Å². The molecule has 8 nitrogen and oxygen atoms in total. The second-order valence-electron chi connectivity index (χ2n) is 7.88. The molecule has 2 aliphatic rings. The molecule has 0 radical (unpaired) electrons. The zero-order valence-electron chi connectivity index (χ0n) is 16.2. The maximum absolute atomic E-state index is 12.7. The van der Waals surface area contributed by atoms with Gasteiger partial charge in [0.2, 0.25) is 0 Å². The Labute approximate surface area is 169 Å². The summed E-state index contributed by atoms with van der Waals surface area (Å²) in [5.74, 6) is 0. The Morgan fingerprint density at radius 3 is 2.87 bits per heavy atom. The van der Waals surface area contributed by atoms with E-state index in [-0.39, 0.29) is 18.6 Å². The summed E-state index contributed by atoms with van der Waals surface area (Å²) < 4.78 is 39.8. The van der Waals surface area contributed by atoms with Crippen LogP contribution in [-0.4, -0.2) is 67.7 Å². The number of halogens is 3. The quantitative estimate of drug-likeness (QED) is 0.684. The molecule has 1 atom stereocenters. The first-order valence-electron chi connectivity index (χ1n) is 9.63. The van der Waals surface area contributed by atoms with Crippen LogP contribution < -0.4 is 5.32 Å². The van der Waals surface area contributed by atoms with E-state index in [1.807, 2.05) is 25.4 Å². The molecule has 2 amide bonds. The molecule has 5 rings (SSSR count). The average molecular weight is 419 g/mol. The molecule has 0 saturated carbocycles. The van der Waals surface area contributed by atoms with E-state index in [1.54, 1.807) is 15.8 Å². The van der Waals surface area contributed by atoms with Crippen molar-refractivity contribution in [2.75, 3.05) is 25.0 Å². The predicted molar refractivity (Wildman–Crippen MR) is 104 cm³/mol. The van der Waals surface area contributed by atoms with Gasteiger partial charge in [-0.15, -0.1) is 0 Å². The van der Waals surface area contributed by atoms with E-state index in [0.29, 0.717) is 25.2 Å². The first-order valence-corrected chi connectivity index (χ1v) is 9.63. The number of hydrogen-bond acceptors (Lipinski definition) is 4. The number of likely N-dealkylation sites (tertiary alicyclic amines) is 1. The van der Waals surface area contributed by atoms with Gasteiger partial charge in [0, 0.05) is 55.6 Å². The number of anilines is 1. The van der Waals surface area contributed by atoms with Crippen molar-refractivity contribution in [2.24, 2.45) is 7.05 Å². The molecule has 4 heterocycles. The van der Waals surface area contributed by atoms with Gasteiger partial charge < -0.3 is 10.2 Å². The monoisotopic (exact) mass is 419 g/mol. The number of carbonyl (C=O) groups excluding carboxylic acids is 1. The molecular formula is C19H20F3N7O. The number of carbonyl (C=O) groups is 1. The molecular weight excluding hydrogens is 399 g/mol. The summed E-state index contributed by atoms with van der Waals surface area (Å²) in [7, 11) is 1.83. The van der Waals surface area contributed by atoms with Gasteiger partial charge >= 0.3 is 12.2 Å². The van der Waals surface area contributed by atoms with Gasteiger partial charge in [-0.05, 0) is 24.1 Å². The minimum absolute atomic E-state index is 0.219. The van der Waals surface area contributed by atoms with Gasteiger partial charge in [-0.3, -0.25) is 14.7 Å². The van der Waals surface area contributed by atoms with Crippen molar-refractivity contribution in [3.63, 3.8) is 0 Å². The fourth-order valence-electron chi connectivity index (χ4n) is 4.32. The molecule has 30 heavy (non-hydrogen) atoms. The van der Waals surface area contributed by atoms with Crippen LogP contribution in [-0.2, 0) is 13.6 Å². The third-order valence-corrected chi connectivity index (χ3v) is 5.70. The van der Waals surface area contributed by atoms with Crippen LogP contribution in [0.15, 0.2) is 24.5 Å². The second-order valence-corrected chi connectivity index (χ2v) is 7.88. The van der Waals surface area contributed by atoms with Crippen molar-refractivity contribution in [1.82, 2.24) is 29.8 Å². The van der Waals surface area contributed by atoms with Gasteiger partial charge in [-0.1, -0.05) is 0 Å². The lowest BCUT2D eigenvalue weighted by molar-refractivity contribution is -0.143. The zero-order chi connectivity index (χ0) is 21.0. The van der Waals surface area contributed by atoms with Gasteiger partial charge in [0.15, 0.2) is 0 Å². The van der Waals surface area contributed by atoms with Gasteiger partial charge in [0.25, 0.3) is 0 Å². The molecule has 2 aromatic heterocycles. The highest BCUT2D eigenvalue weighted by Crippen LogP contribution is 2.34. The van der Waals surface area contributed by atoms with Crippen LogP contribution in [0.1, 0.15) is 12.0 Å². The van der Waals surface area contributed by atoms with Crippen molar-refractivity contribution in [3.8, 4) is 11.3 Å². The van der Waals surface area contributed by atoms with Gasteiger partial charge in [0.1, 0.15) is 5.69 Å². The second kappa shape index (κ2) is 6.73. The third kappa shape index (κ3) is 3.38. The minimum Gasteiger partial charge on any atom is -0.316 e. The topological polar surface area (TPSA) is 82.1 Å². The van der Waals surface area contributed by atoms with Crippen molar-refractivity contribution in [3.05, 3.63) is 30.1 Å². The number of aromatic amines is 1. The standard InChI is InChI=1S/C19H20F3N7O/c1-27-7-12(6-23-27)17-14-4-11-8-29(13-2-3-28(9-13)10-19(20,21)22)18(30)24-15(11)5-16(14)25-26-17/h4-7,13H,2-3,8-10H2,1H3,(H,24,30)(H,25,26). The number of hydrogen-bond donors (Lipinski definition) is 2. The maximum Gasteiger partial charge on any atom is 0.401 e. The fourth-order valence-corrected chi connectivity index (χ4v) is 4.32. The van der Waals surface area contributed by atoms with E-state index >= 15 is 0 Å². The van der Waals surface area contributed by atoms with E-state index in [4.69, 9.17) is 0 Å². The lowest BCUT2D eigenvalue weighted by Crippen LogP contribution is -2.46. The number of fused-ring (bicyclic) bond motifs is 2. The highest BCUT2D eigenvalue weighted by molar-refractivity contribution is 6.00. The predicted octanol–water partition coefficient (Wildman–Crippen LogP) is 2.95. The SMILES string of the molecule is Cn1cc(-c2n[nH]c3cc4c(cc23)CN(C2CCN(CC(F)(F)F)C2)C(=O)N4)cn1. The van der Waals surface area contributed by atoms with Crippen LogP contribution in [0.25, 0.3) is 22.2 Å². The van der Waals surface area contributed by atoms with E-state index in [2.05, 4.69) is 20.6 Å². The first-order chi connectivity index (χ1) is 14.3. The van der Waals surface area contributed by atoms with Crippen molar-refractivity contribution < 1.29 is 18.0 Å². The van der Waals surface area contributed by atoms with Gasteiger partial charge in [0.05, 0.1) is 18.3 Å². The molecule has 3 aromatic rings. The Hall–Kier alpha value is -3.08. The van der Waals surface area contributed by atoms with Crippen LogP contribution in [0.5, 0.6) is 0 Å². The number of urea groups is 1. The van der Waals surface area contributed by atoms with Crippen molar-refractivity contribution >= 4 is 22.6 Å². The Balaban J connectivity index is 1.41. The molecule has 2 N–H and O–H groups in total. The summed E-state index contributed by atoms with van der Waals surface area (Å²) in [6.07, 6.45) is -0.108. The van der Waals surface area contributed by atoms with E-state index in [9.17, 15) is 18.0 Å². The molecule has 1 aromatic carbocycles. The molecule has 0 bridgehead atoms. The summed E-state index contributed by atoms with van der Waals surface area (Å²) in [5.41, 5.74) is 4.03. The molecule has 0 spiro atoms. The van der Waals surface area contributed by atoms with Crippen LogP contribution >= 0.6 is 0 Å². The number of amides is 2. The number of nitrogens with zero attached hydrogens (tertiary/aromatic N) is 5. The average Bonchev–Trinajstić information content (AvgIpc) is 3.38. The van der Waals surface area contributed by atoms with Crippen LogP contribution in [0.2, 0.25) is 0 Å². The fraction of sp³-hybridized carbons (Fsp3) is 0.421. The number of alkyl halides is 3. The molecule has 11 heteroatoms. The van der Waals surface area contributed by atoms with E-state index in [0.717, 1.165) is 27.7 Å². The smallest absolute Gasteiger partial charge is 0.316 e. The van der Waals surface area contributed by atoms with E-state index in [1.165, 1.54) is 4.90 Å². The van der Waals surface area contributed by atoms with Crippen LogP contribution in [0.4, 0.5) is 23.7 Å². The van der Waals surface area contributed by atoms with E-state index < -0.39 is 12.7 Å². The third-order valence-electron chi connectivity index (χ3n) is 5.70. The van der Waals surface area contributed by atoms with Crippen LogP contribution in [0.3, 0.4) is 0 Å². The molecule has 1 unspecified atom stereocenters. The Morgan fingerprint density at radius 1 is 1.30 bits per heavy atom. The molecule has 1 saturated heterocycles. The summed E-state index contributed by atoms with van der Waals surface area (Å²) >= 11 is 0. The summed E-state index contributed by atoms with van der Waals surface area (Å²) in [6.45, 7) is -0.0527. The number of H-pyrrole nitrogens is 1. The maximum atomic E-state index is 12.7. The van der Waals surface area contributed by atoms with Crippen LogP contribution in [0, 0.1) is 0 Å². The Kier molecular flexibility index (Phi) is 4.24. The highest BCUT2D eigenvalue weighted by Gasteiger charge is 2.38. The summed E-state index contributed by atoms with van der Waals surface area (Å²) in [6, 6.07) is 3.29. The number of rotatable bonds is 3. The Bertz CT molecular complexity index is 1120. The largest absolute Gasteiger partial charge is 0.401 e. The lowest BCUT2D eigenvalue weighted by Gasteiger charge is -2.34. The number of benzene rings is 1. The number of aromatic nitrogens is 4. The lowest BCUT2D eigenvalue weighted by atomic mass is 10.0. The molecule has 0 aliphatic carbocycles. The minimum atomic E-state index is -4.23. The normalized spacial score (nSPS) is 20.1. The first kappa shape index (κ1) is 18.9. The van der Waals surface area contributed by atoms with Crippen molar-refractivity contribution in [2.45, 2.75) is 25.2 Å². The summed E-state index contributed by atoms with van der Waals surface area (Å²) in [5, 5.41) is 15.4. The zero-order valence-corrected chi connectivity index (χ0v) is 16.2. The Morgan fingerprint density at radius 2 is 2.13 bits per heavy atom. The number of nitrogens with one attached hydrogen (secondary N) is 2. The molecule has 1 fully saturated rings. The van der Waals surface area contributed by atoms with Crippen molar-refractivity contribution in [1.29, 1.82) is 0 Å².